The molecule has 0 saturated carbocycles. The number of carbonyl (C=O) groups is 1. The summed E-state index contributed by atoms with van der Waals surface area (Å²) in [6.45, 7) is 3.83. The maximum atomic E-state index is 13.5. The van der Waals surface area contributed by atoms with E-state index in [-0.39, 0.29) is 17.9 Å². The monoisotopic (exact) mass is 419 g/mol. The summed E-state index contributed by atoms with van der Waals surface area (Å²) in [7, 11) is 0. The van der Waals surface area contributed by atoms with Crippen LogP contribution in [0.25, 0.3) is 0 Å². The molecule has 7 nitrogen and oxygen atoms in total. The van der Waals surface area contributed by atoms with Gasteiger partial charge in [-0.2, -0.15) is 10.1 Å². The van der Waals surface area contributed by atoms with E-state index in [0.29, 0.717) is 38.5 Å². The maximum Gasteiger partial charge on any atom is 0.260 e. The lowest BCUT2D eigenvalue weighted by Crippen LogP contribution is -2.46. The van der Waals surface area contributed by atoms with Crippen molar-refractivity contribution >= 4 is 11.9 Å². The van der Waals surface area contributed by atoms with Gasteiger partial charge in [0.2, 0.25) is 11.9 Å². The molecule has 0 bridgehead atoms. The molecule has 2 atom stereocenters. The first-order chi connectivity index (χ1) is 14.5. The lowest BCUT2D eigenvalue weighted by Gasteiger charge is -2.40. The Balaban J connectivity index is 1.31. The van der Waals surface area contributed by atoms with Crippen molar-refractivity contribution in [3.63, 3.8) is 0 Å². The normalized spacial score (nSPS) is 21.9. The predicted octanol–water partition coefficient (Wildman–Crippen LogP) is 3.15. The lowest BCUT2D eigenvalue weighted by molar-refractivity contribution is -0.131. The second kappa shape index (κ2) is 8.97. The van der Waals surface area contributed by atoms with E-state index < -0.39 is 12.5 Å². The van der Waals surface area contributed by atoms with Crippen LogP contribution in [0.1, 0.15) is 37.8 Å². The van der Waals surface area contributed by atoms with Crippen LogP contribution in [0.15, 0.2) is 30.6 Å². The second-order valence-electron chi connectivity index (χ2n) is 7.89. The first-order valence-corrected chi connectivity index (χ1v) is 10.5. The lowest BCUT2D eigenvalue weighted by atomic mass is 9.85. The molecule has 1 aromatic carbocycles. The topological polar surface area (TPSA) is 72.3 Å². The van der Waals surface area contributed by atoms with Crippen LogP contribution in [0.5, 0.6) is 5.75 Å². The van der Waals surface area contributed by atoms with E-state index in [0.717, 1.165) is 24.2 Å². The van der Waals surface area contributed by atoms with Crippen LogP contribution in [0.3, 0.4) is 0 Å². The van der Waals surface area contributed by atoms with Crippen molar-refractivity contribution in [3.8, 4) is 5.75 Å². The molecule has 1 saturated heterocycles. The maximum absolute atomic E-state index is 13.5. The molecule has 0 unspecified atom stereocenters. The Morgan fingerprint density at radius 3 is 2.67 bits per heavy atom. The Morgan fingerprint density at radius 2 is 2.00 bits per heavy atom. The molecule has 0 aliphatic carbocycles. The molecule has 0 radical (unpaired) electrons. The van der Waals surface area contributed by atoms with Gasteiger partial charge in [0.15, 0.2) is 0 Å². The average Bonchev–Trinajstić information content (AvgIpc) is 3.23. The third-order valence-electron chi connectivity index (χ3n) is 6.04. The highest BCUT2D eigenvalue weighted by molar-refractivity contribution is 5.78. The van der Waals surface area contributed by atoms with Crippen molar-refractivity contribution < 1.29 is 18.3 Å². The minimum absolute atomic E-state index is 0.0796. The van der Waals surface area contributed by atoms with Crippen molar-refractivity contribution in [2.75, 3.05) is 25.0 Å². The summed E-state index contributed by atoms with van der Waals surface area (Å²) in [5.74, 6) is 1.53. The third kappa shape index (κ3) is 4.39. The number of ether oxygens (including phenoxy) is 1. The van der Waals surface area contributed by atoms with E-state index in [1.165, 1.54) is 11.0 Å². The molecule has 1 N–H and O–H groups in total. The van der Waals surface area contributed by atoms with E-state index in [2.05, 4.69) is 15.4 Å². The second-order valence-corrected chi connectivity index (χ2v) is 7.89. The van der Waals surface area contributed by atoms with Crippen LogP contribution in [-0.4, -0.2) is 57.7 Å². The number of piperidine rings is 1. The number of hydrogen-bond acceptors (Lipinski definition) is 5. The Kier molecular flexibility index (Phi) is 6.15. The third-order valence-corrected chi connectivity index (χ3v) is 6.04. The Morgan fingerprint density at radius 1 is 1.27 bits per heavy atom. The number of benzene rings is 1. The molecule has 2 aliphatic rings. The Bertz CT molecular complexity index is 849. The molecule has 2 aromatic rings. The van der Waals surface area contributed by atoms with Gasteiger partial charge in [-0.05, 0) is 49.8 Å². The van der Waals surface area contributed by atoms with Crippen LogP contribution >= 0.6 is 0 Å². The number of aromatic nitrogens is 3. The Labute approximate surface area is 174 Å². The summed E-state index contributed by atoms with van der Waals surface area (Å²) in [6, 6.07) is 6.57. The molecule has 2 aliphatic heterocycles. The van der Waals surface area contributed by atoms with Gasteiger partial charge in [0, 0.05) is 19.1 Å². The molecule has 1 fully saturated rings. The van der Waals surface area contributed by atoms with E-state index >= 15 is 0 Å². The summed E-state index contributed by atoms with van der Waals surface area (Å²) in [5, 5.41) is 7.20. The molecule has 1 aromatic heterocycles. The zero-order chi connectivity index (χ0) is 21.1. The summed E-state index contributed by atoms with van der Waals surface area (Å²) in [4.78, 5) is 18.6. The number of anilines is 1. The zero-order valence-electron chi connectivity index (χ0n) is 17.0. The molecular weight excluding hydrogens is 392 g/mol. The van der Waals surface area contributed by atoms with E-state index in [1.807, 2.05) is 36.1 Å². The van der Waals surface area contributed by atoms with E-state index in [1.54, 1.807) is 0 Å². The number of rotatable bonds is 6. The van der Waals surface area contributed by atoms with Crippen LogP contribution in [-0.2, 0) is 11.2 Å². The van der Waals surface area contributed by atoms with Crippen molar-refractivity contribution in [2.45, 2.75) is 51.1 Å². The number of alkyl halides is 2. The highest BCUT2D eigenvalue weighted by Gasteiger charge is 2.38. The molecule has 30 heavy (non-hydrogen) atoms. The van der Waals surface area contributed by atoms with Gasteiger partial charge in [0.05, 0.1) is 13.0 Å². The van der Waals surface area contributed by atoms with Gasteiger partial charge in [-0.15, -0.1) is 0 Å². The van der Waals surface area contributed by atoms with Gasteiger partial charge < -0.3 is 15.0 Å². The zero-order valence-corrected chi connectivity index (χ0v) is 17.0. The summed E-state index contributed by atoms with van der Waals surface area (Å²) in [5.41, 5.74) is 0.957. The summed E-state index contributed by atoms with van der Waals surface area (Å²) in [6.07, 6.45) is 1.08. The highest BCUT2D eigenvalue weighted by Crippen LogP contribution is 2.35. The number of halogens is 2. The quantitative estimate of drug-likeness (QED) is 0.779. The number of likely N-dealkylation sites (tertiary alicyclic amines) is 1. The van der Waals surface area contributed by atoms with E-state index in [9.17, 15) is 13.6 Å². The molecular formula is C21H27F2N5O2. The first kappa shape index (κ1) is 20.6. The van der Waals surface area contributed by atoms with Crippen LogP contribution < -0.4 is 10.1 Å². The van der Waals surface area contributed by atoms with Gasteiger partial charge in [0.25, 0.3) is 6.43 Å². The van der Waals surface area contributed by atoms with Gasteiger partial charge in [-0.3, -0.25) is 4.79 Å². The molecule has 162 valence electrons. The van der Waals surface area contributed by atoms with Gasteiger partial charge in [0.1, 0.15) is 18.1 Å². The highest BCUT2D eigenvalue weighted by atomic mass is 19.3. The first-order valence-electron chi connectivity index (χ1n) is 10.5. The van der Waals surface area contributed by atoms with Gasteiger partial charge in [-0.1, -0.05) is 12.1 Å². The molecule has 1 amide bonds. The van der Waals surface area contributed by atoms with Crippen LogP contribution in [0.2, 0.25) is 0 Å². The van der Waals surface area contributed by atoms with Crippen LogP contribution in [0, 0.1) is 5.92 Å². The fourth-order valence-corrected chi connectivity index (χ4v) is 4.41. The molecule has 9 heteroatoms. The number of nitrogens with one attached hydrogen (secondary N) is 1. The summed E-state index contributed by atoms with van der Waals surface area (Å²) >= 11 is 0. The van der Waals surface area contributed by atoms with Crippen molar-refractivity contribution in [1.29, 1.82) is 0 Å². The minimum atomic E-state index is -2.48. The minimum Gasteiger partial charge on any atom is -0.494 e. The van der Waals surface area contributed by atoms with Gasteiger partial charge in [-0.25, -0.2) is 13.5 Å². The van der Waals surface area contributed by atoms with Crippen molar-refractivity contribution in [1.82, 2.24) is 19.7 Å². The van der Waals surface area contributed by atoms with Crippen LogP contribution in [0.4, 0.5) is 14.7 Å². The number of nitrogens with zero attached hydrogens (tertiary/aromatic N) is 4. The van der Waals surface area contributed by atoms with Gasteiger partial charge >= 0.3 is 0 Å². The smallest absolute Gasteiger partial charge is 0.260 e. The largest absolute Gasteiger partial charge is 0.494 e. The number of carbonyl (C=O) groups excluding carboxylic acids is 1. The standard InChI is InChI=1S/C21H27F2N5O2/c1-2-30-16-5-3-14(4-6-16)11-19(29)27-9-7-15(8-10-27)17-12-18(20(22)23)28-21(26-17)24-13-25-28/h3-6,13,15,17-18,20H,2,7-12H2,1H3,(H,24,25,26)/t17-,18+/m0/s1. The number of hydrogen-bond donors (Lipinski definition) is 1. The molecule has 3 heterocycles. The Hall–Kier alpha value is -2.71. The molecule has 4 rings (SSSR count). The fourth-order valence-electron chi connectivity index (χ4n) is 4.41. The number of fused-ring (bicyclic) bond motifs is 1. The summed E-state index contributed by atoms with van der Waals surface area (Å²) < 4.78 is 33.7. The average molecular weight is 419 g/mol. The van der Waals surface area contributed by atoms with Crippen molar-refractivity contribution in [3.05, 3.63) is 36.2 Å². The van der Waals surface area contributed by atoms with Crippen molar-refractivity contribution in [2.24, 2.45) is 5.92 Å². The molecule has 0 spiro atoms. The SMILES string of the molecule is CCOc1ccc(CC(=O)N2CCC([C@@H]3C[C@H](C(F)F)n4ncnc4N3)CC2)cc1. The number of amides is 1. The van der Waals surface area contributed by atoms with E-state index in [4.69, 9.17) is 4.74 Å². The predicted molar refractivity (Wildman–Crippen MR) is 108 cm³/mol. The fraction of sp³-hybridized carbons (Fsp3) is 0.571.